The smallest absolute Gasteiger partial charge is 0.358 e. The summed E-state index contributed by atoms with van der Waals surface area (Å²) in [6.45, 7) is 1.82. The third-order valence-corrected chi connectivity index (χ3v) is 4.36. The Morgan fingerprint density at radius 3 is 2.36 bits per heavy atom. The van der Waals surface area contributed by atoms with Gasteiger partial charge in [-0.1, -0.05) is 22.9 Å². The zero-order valence-electron chi connectivity index (χ0n) is 13.4. The van der Waals surface area contributed by atoms with Crippen LogP contribution in [-0.4, -0.2) is 21.2 Å². The van der Waals surface area contributed by atoms with Gasteiger partial charge in [0.1, 0.15) is 22.8 Å². The monoisotopic (exact) mass is 355 g/mol. The summed E-state index contributed by atoms with van der Waals surface area (Å²) in [4.78, 5) is -0.0772. The van der Waals surface area contributed by atoms with Crippen LogP contribution >= 0.6 is 0 Å². The van der Waals surface area contributed by atoms with Gasteiger partial charge in [0.25, 0.3) is 0 Å². The van der Waals surface area contributed by atoms with Crippen LogP contribution in [0.5, 0.6) is 5.75 Å². The highest BCUT2D eigenvalue weighted by atomic mass is 32.2. The Hall–Kier alpha value is -3.36. The minimum Gasteiger partial charge on any atom is -0.495 e. The third-order valence-electron chi connectivity index (χ3n) is 3.24. The summed E-state index contributed by atoms with van der Waals surface area (Å²) < 4.78 is 33.8. The molecule has 0 spiro atoms. The Kier molecular flexibility index (Phi) is 5.38. The van der Waals surface area contributed by atoms with Crippen LogP contribution in [-0.2, 0) is 14.4 Å². The first-order valence-corrected chi connectivity index (χ1v) is 8.39. The number of rotatable bonds is 5. The molecule has 2 aromatic carbocycles. The van der Waals surface area contributed by atoms with Gasteiger partial charge in [-0.3, -0.25) is 4.28 Å². The largest absolute Gasteiger partial charge is 0.495 e. The molecule has 0 aromatic heterocycles. The summed E-state index contributed by atoms with van der Waals surface area (Å²) in [6, 6.07) is 14.0. The van der Waals surface area contributed by atoms with E-state index in [9.17, 15) is 13.7 Å². The van der Waals surface area contributed by atoms with Crippen LogP contribution in [0.15, 0.2) is 52.5 Å². The molecule has 0 saturated heterocycles. The van der Waals surface area contributed by atoms with Crippen molar-refractivity contribution >= 4 is 15.8 Å². The Morgan fingerprint density at radius 1 is 1.12 bits per heavy atom. The Balaban J connectivity index is 2.34. The second kappa shape index (κ2) is 7.47. The van der Waals surface area contributed by atoms with Crippen molar-refractivity contribution in [3.05, 3.63) is 59.2 Å². The maximum absolute atomic E-state index is 12.1. The average molecular weight is 355 g/mol. The molecule has 0 fully saturated rings. The number of methoxy groups -OCH3 is 1. The molecule has 0 amide bonds. The lowest BCUT2D eigenvalue weighted by Gasteiger charge is -2.05. The molecule has 0 aliphatic heterocycles. The van der Waals surface area contributed by atoms with Gasteiger partial charge in [0.15, 0.2) is 5.71 Å². The van der Waals surface area contributed by atoms with Gasteiger partial charge < -0.3 is 4.74 Å². The van der Waals surface area contributed by atoms with Crippen molar-refractivity contribution in [1.29, 1.82) is 10.5 Å². The number of aryl methyl sites for hydroxylation is 1. The average Bonchev–Trinajstić information content (AvgIpc) is 2.62. The van der Waals surface area contributed by atoms with Crippen molar-refractivity contribution in [2.75, 3.05) is 7.11 Å². The van der Waals surface area contributed by atoms with Crippen LogP contribution in [0.3, 0.4) is 0 Å². The molecule has 0 unspecified atom stereocenters. The Labute approximate surface area is 145 Å². The molecule has 0 saturated carbocycles. The number of hydrogen-bond donors (Lipinski definition) is 0. The van der Waals surface area contributed by atoms with Crippen LogP contribution in [0.4, 0.5) is 0 Å². The number of benzene rings is 2. The minimum atomic E-state index is -4.15. The van der Waals surface area contributed by atoms with Crippen LogP contribution in [0, 0.1) is 29.6 Å². The molecule has 0 heterocycles. The van der Waals surface area contributed by atoms with Gasteiger partial charge in [-0.2, -0.15) is 18.9 Å². The molecule has 2 aromatic rings. The van der Waals surface area contributed by atoms with Crippen LogP contribution in [0.1, 0.15) is 16.7 Å². The third kappa shape index (κ3) is 4.14. The zero-order valence-corrected chi connectivity index (χ0v) is 14.2. The van der Waals surface area contributed by atoms with Crippen molar-refractivity contribution < 1.29 is 17.4 Å². The summed E-state index contributed by atoms with van der Waals surface area (Å²) in [6.07, 6.45) is 0. The maximum atomic E-state index is 12.1. The summed E-state index contributed by atoms with van der Waals surface area (Å²) in [7, 11) is -2.74. The van der Waals surface area contributed by atoms with E-state index in [1.807, 2.05) is 13.0 Å². The van der Waals surface area contributed by atoms with E-state index in [4.69, 9.17) is 10.00 Å². The van der Waals surface area contributed by atoms with Gasteiger partial charge in [0.2, 0.25) is 0 Å². The number of ether oxygens (including phenoxy) is 1. The molecular formula is C17H13N3O4S. The zero-order chi connectivity index (χ0) is 18.4. The van der Waals surface area contributed by atoms with Gasteiger partial charge in [0.05, 0.1) is 12.7 Å². The fourth-order valence-electron chi connectivity index (χ4n) is 1.91. The first-order chi connectivity index (χ1) is 11.9. The molecule has 0 atom stereocenters. The summed E-state index contributed by atoms with van der Waals surface area (Å²) >= 11 is 0. The van der Waals surface area contributed by atoms with E-state index in [0.29, 0.717) is 5.75 Å². The lowest BCUT2D eigenvalue weighted by molar-refractivity contribution is 0.339. The predicted octanol–water partition coefficient (Wildman–Crippen LogP) is 2.51. The molecule has 0 radical (unpaired) electrons. The minimum absolute atomic E-state index is 0.0772. The van der Waals surface area contributed by atoms with Gasteiger partial charge in [-0.15, -0.1) is 0 Å². The lowest BCUT2D eigenvalue weighted by atomic mass is 10.1. The van der Waals surface area contributed by atoms with E-state index in [0.717, 1.165) is 5.56 Å². The number of nitriles is 2. The topological polar surface area (TPSA) is 113 Å². The molecule has 8 heteroatoms. The van der Waals surface area contributed by atoms with Crippen LogP contribution < -0.4 is 4.74 Å². The van der Waals surface area contributed by atoms with Gasteiger partial charge in [-0.25, -0.2) is 0 Å². The molecule has 0 aliphatic rings. The van der Waals surface area contributed by atoms with Crippen LogP contribution in [0.2, 0.25) is 0 Å². The second-order valence-electron chi connectivity index (χ2n) is 4.92. The lowest BCUT2D eigenvalue weighted by Crippen LogP contribution is -2.06. The Morgan fingerprint density at radius 2 is 1.80 bits per heavy atom. The van der Waals surface area contributed by atoms with Crippen molar-refractivity contribution in [2.45, 2.75) is 11.8 Å². The highest BCUT2D eigenvalue weighted by molar-refractivity contribution is 7.86. The molecule has 2 rings (SSSR count). The SMILES string of the molecule is COc1ccc(C(C#N)=NOS(=O)(=O)c2ccc(C)cc2)cc1C#N. The van der Waals surface area contributed by atoms with E-state index in [2.05, 4.69) is 9.44 Å². The quantitative estimate of drug-likeness (QED) is 0.601. The van der Waals surface area contributed by atoms with Crippen molar-refractivity contribution in [3.63, 3.8) is 0 Å². The van der Waals surface area contributed by atoms with E-state index >= 15 is 0 Å². The maximum Gasteiger partial charge on any atom is 0.358 e. The van der Waals surface area contributed by atoms with Crippen molar-refractivity contribution in [3.8, 4) is 17.9 Å². The molecule has 0 N–H and O–H groups in total. The van der Waals surface area contributed by atoms with Gasteiger partial charge in [0, 0.05) is 5.56 Å². The number of hydrogen-bond acceptors (Lipinski definition) is 7. The van der Waals surface area contributed by atoms with E-state index < -0.39 is 10.1 Å². The summed E-state index contributed by atoms with van der Waals surface area (Å²) in [5, 5.41) is 21.7. The van der Waals surface area contributed by atoms with E-state index in [1.54, 1.807) is 18.2 Å². The first-order valence-electron chi connectivity index (χ1n) is 6.98. The molecule has 0 bridgehead atoms. The van der Waals surface area contributed by atoms with E-state index in [-0.39, 0.29) is 21.7 Å². The van der Waals surface area contributed by atoms with Gasteiger partial charge in [-0.05, 0) is 37.3 Å². The van der Waals surface area contributed by atoms with E-state index in [1.165, 1.54) is 37.4 Å². The highest BCUT2D eigenvalue weighted by Gasteiger charge is 2.17. The molecule has 7 nitrogen and oxygen atoms in total. The standard InChI is InChI=1S/C17H13N3O4S/c1-12-3-6-15(7-4-12)25(21,22)24-20-16(11-19)13-5-8-17(23-2)14(9-13)10-18/h3-9H,1-2H3. The Bertz CT molecular complexity index is 998. The molecular weight excluding hydrogens is 342 g/mol. The fourth-order valence-corrected chi connectivity index (χ4v) is 2.64. The number of oxime groups is 1. The normalized spacial score (nSPS) is 11.3. The second-order valence-corrected chi connectivity index (χ2v) is 6.45. The van der Waals surface area contributed by atoms with Crippen molar-refractivity contribution in [1.82, 2.24) is 0 Å². The number of nitrogens with zero attached hydrogens (tertiary/aromatic N) is 3. The summed E-state index contributed by atoms with van der Waals surface area (Å²) in [5.74, 6) is 0.330. The predicted molar refractivity (Wildman–Crippen MR) is 89.3 cm³/mol. The molecule has 25 heavy (non-hydrogen) atoms. The molecule has 0 aliphatic carbocycles. The first kappa shape index (κ1) is 18.0. The molecule has 126 valence electrons. The summed E-state index contributed by atoms with van der Waals surface area (Å²) in [5.41, 5.74) is 1.03. The van der Waals surface area contributed by atoms with Crippen LogP contribution in [0.25, 0.3) is 0 Å². The highest BCUT2D eigenvalue weighted by Crippen LogP contribution is 2.20. The van der Waals surface area contributed by atoms with Crippen molar-refractivity contribution in [2.24, 2.45) is 5.16 Å². The van der Waals surface area contributed by atoms with Gasteiger partial charge >= 0.3 is 10.1 Å². The fraction of sp³-hybridized carbons (Fsp3) is 0.118.